The van der Waals surface area contributed by atoms with Crippen LogP contribution in [0.4, 0.5) is 0 Å². The van der Waals surface area contributed by atoms with Crippen molar-refractivity contribution in [2.24, 2.45) is 28.2 Å². The Morgan fingerprint density at radius 1 is 0.309 bits per heavy atom. The quantitative estimate of drug-likeness (QED) is 0.111. The van der Waals surface area contributed by atoms with Crippen molar-refractivity contribution in [1.29, 1.82) is 0 Å². The van der Waals surface area contributed by atoms with Crippen LogP contribution >= 0.6 is 0 Å². The van der Waals surface area contributed by atoms with E-state index in [9.17, 15) is 0 Å². The predicted molar refractivity (Wildman–Crippen MR) is 454 cm³/mol. The Hall–Kier alpha value is -10.7. The van der Waals surface area contributed by atoms with Crippen molar-refractivity contribution in [1.82, 2.24) is 19.9 Å². The van der Waals surface area contributed by atoms with Gasteiger partial charge in [-0.1, -0.05) is 145 Å². The highest BCUT2D eigenvalue weighted by molar-refractivity contribution is 6.12. The number of hydrogen-bond donors (Lipinski definition) is 0. The van der Waals surface area contributed by atoms with E-state index in [1.165, 1.54) is 58.6 Å². The lowest BCUT2D eigenvalue weighted by Crippen LogP contribution is -2.32. The lowest BCUT2D eigenvalue weighted by molar-refractivity contribution is -0.661. The lowest BCUT2D eigenvalue weighted by Gasteiger charge is -2.12. The van der Waals surface area contributed by atoms with E-state index < -0.39 is 25.5 Å². The maximum absolute atomic E-state index is 8.53. The molecule has 110 heavy (non-hydrogen) atoms. The minimum absolute atomic E-state index is 0.305. The molecule has 12 heterocycles. The Kier molecular flexibility index (Phi) is 19.0. The van der Waals surface area contributed by atoms with E-state index in [4.69, 9.17) is 43.6 Å². The van der Waals surface area contributed by atoms with Crippen LogP contribution in [-0.2, 0) is 41.0 Å². The monoisotopic (exact) mass is 1470 g/mol. The number of fused-ring (bicyclic) bond motifs is 12. The summed E-state index contributed by atoms with van der Waals surface area (Å²) in [6.07, 6.45) is 9.71. The second kappa shape index (κ2) is 31.0. The maximum Gasteiger partial charge on any atom is 0.227 e. The van der Waals surface area contributed by atoms with Gasteiger partial charge in [0.25, 0.3) is 0 Å². The molecule has 12 aromatic heterocycles. The summed E-state index contributed by atoms with van der Waals surface area (Å²) < 4.78 is 97.4. The molecule has 4 aromatic carbocycles. The highest BCUT2D eigenvalue weighted by atomic mass is 16.4. The van der Waals surface area contributed by atoms with Crippen LogP contribution in [0.2, 0.25) is 0 Å². The van der Waals surface area contributed by atoms with Crippen molar-refractivity contribution in [3.63, 3.8) is 0 Å². The van der Waals surface area contributed by atoms with Crippen molar-refractivity contribution < 1.29 is 46.9 Å². The normalized spacial score (nSPS) is 14.3. The minimum Gasteiger partial charge on any atom is -0.437 e. The largest absolute Gasteiger partial charge is 0.437 e. The molecule has 0 saturated heterocycles. The van der Waals surface area contributed by atoms with Crippen molar-refractivity contribution in [2.45, 2.75) is 200 Å². The molecule has 0 aliphatic heterocycles. The molecule has 0 amide bonds. The topological polar surface area (TPSA) is 120 Å². The van der Waals surface area contributed by atoms with Crippen LogP contribution in [0.25, 0.3) is 133 Å². The Bertz CT molecular complexity index is 6630. The maximum atomic E-state index is 8.53. The third-order valence-corrected chi connectivity index (χ3v) is 22.0. The van der Waals surface area contributed by atoms with Gasteiger partial charge in [-0.2, -0.15) is 0 Å². The van der Waals surface area contributed by atoms with Crippen molar-refractivity contribution in [3.8, 4) is 45.0 Å². The molecule has 16 rings (SSSR count). The third kappa shape index (κ3) is 14.5. The Labute approximate surface area is 661 Å². The zero-order valence-corrected chi connectivity index (χ0v) is 68.8. The van der Waals surface area contributed by atoms with Crippen molar-refractivity contribution in [2.75, 3.05) is 0 Å². The zero-order valence-electron chi connectivity index (χ0n) is 76.8. The van der Waals surface area contributed by atoms with E-state index in [2.05, 4.69) is 235 Å². The Morgan fingerprint density at radius 3 is 0.864 bits per heavy atom. The van der Waals surface area contributed by atoms with Gasteiger partial charge in [0.2, 0.25) is 45.6 Å². The van der Waals surface area contributed by atoms with Gasteiger partial charge in [0.1, 0.15) is 28.2 Å². The Balaban J connectivity index is 0.000000137. The number of furan rings is 4. The fourth-order valence-electron chi connectivity index (χ4n) is 15.8. The van der Waals surface area contributed by atoms with Gasteiger partial charge in [-0.3, -0.25) is 0 Å². The molecular weight excluding hydrogens is 1350 g/mol. The molecule has 0 radical (unpaired) electrons. The van der Waals surface area contributed by atoms with Crippen LogP contribution in [0.1, 0.15) is 233 Å². The van der Waals surface area contributed by atoms with E-state index >= 15 is 0 Å². The summed E-state index contributed by atoms with van der Waals surface area (Å²) in [7, 11) is 7.98. The predicted octanol–water partition coefficient (Wildman–Crippen LogP) is 24.2. The van der Waals surface area contributed by atoms with Crippen molar-refractivity contribution >= 4 is 88.3 Å². The second-order valence-electron chi connectivity index (χ2n) is 31.6. The highest BCUT2D eigenvalue weighted by Gasteiger charge is 2.29. The molecule has 0 spiro atoms. The first-order valence-electron chi connectivity index (χ1n) is 42.8. The molecule has 0 bridgehead atoms. The van der Waals surface area contributed by atoms with Gasteiger partial charge in [-0.15, -0.1) is 0 Å². The zero-order chi connectivity index (χ0) is 85.8. The third-order valence-electron chi connectivity index (χ3n) is 22.0. The molecule has 0 fully saturated rings. The summed E-state index contributed by atoms with van der Waals surface area (Å²) in [4.78, 5) is 18.9. The van der Waals surface area contributed by atoms with Gasteiger partial charge in [0.15, 0.2) is 47.1 Å². The fourth-order valence-corrected chi connectivity index (χ4v) is 15.8. The van der Waals surface area contributed by atoms with Gasteiger partial charge in [0.05, 0.1) is 22.3 Å². The smallest absolute Gasteiger partial charge is 0.227 e. The number of aryl methyl sites for hydroxylation is 14. The van der Waals surface area contributed by atoms with E-state index in [0.29, 0.717) is 46.2 Å². The average molecular weight is 1470 g/mol. The molecule has 0 aliphatic carbocycles. The summed E-state index contributed by atoms with van der Waals surface area (Å²) in [5.41, 5.74) is 31.0. The van der Waals surface area contributed by atoms with E-state index in [1.807, 2.05) is 75.2 Å². The summed E-state index contributed by atoms with van der Waals surface area (Å²) in [5.74, 6) is -1.76. The molecule has 564 valence electrons. The van der Waals surface area contributed by atoms with Crippen LogP contribution in [0.3, 0.4) is 0 Å². The first kappa shape index (κ1) is 67.4. The lowest BCUT2D eigenvalue weighted by atomic mass is 9.94. The SMILES string of the molecule is CCc1ccc2c(n1)oc1c(-c3cc(C(C)C)c(C)c[n+]3C)c(C)ccc12.Cc1c[n+](C)c(-c2c(C)ccc3c2oc2nc(C(C)C)ccc23)cc1C(C)C.[2H]C([2H])([2H])C([2H])(C)c1c[n+](C)c(-c2c(C)ccc3c2oc2nc(C(C)C)ccc23)cc1C.[2H]C([2H])([2H])C([2H])(C)c1c[n+](C)c(-c2c(C)ccc3c2oc2nc(CC)ccc23)cc1C. The van der Waals surface area contributed by atoms with E-state index in [0.717, 1.165) is 168 Å². The second-order valence-corrected chi connectivity index (χ2v) is 31.6. The van der Waals surface area contributed by atoms with Gasteiger partial charge in [-0.25, -0.2) is 38.2 Å². The number of benzene rings is 4. The standard InChI is InChI=1S/2C25H29N2O.2C24H27N2O/c1-14(2)20-12-22(27(7)13-17(20)6)23-16(5)8-9-18-19-10-11-21(15(3)4)26-25(19)28-24(18)23;1-14(2)20-13-27(7)22(12-17(20)6)23-16(5)8-9-18-19-10-11-21(15(3)4)26-25(19)28-24(18)23;1-7-17-9-11-19-18-10-8-15(4)22(23(18)27-24(19)25-17)21-12-20(14(2)3)16(5)13-26(21)6;1-7-17-9-11-19-18-10-8-15(4)22(23(18)27-24(19)25-17)21-12-16(5)20(14(2)3)13-26(21)6/h2*8-15H,1-7H3;2*8-14H,7H2,1-6H3/q4*+1/i;1D3,14D;;2D3,14D. The van der Waals surface area contributed by atoms with Gasteiger partial charge in [-0.05, 0) is 197 Å². The molecule has 0 saturated carbocycles. The molecule has 2 atom stereocenters. The van der Waals surface area contributed by atoms with Crippen LogP contribution < -0.4 is 18.3 Å². The van der Waals surface area contributed by atoms with Gasteiger partial charge in [0, 0.05) is 123 Å². The average Bonchev–Trinajstić information content (AvgIpc) is 1.52. The number of aromatic nitrogens is 8. The number of rotatable bonds is 12. The Morgan fingerprint density at radius 2 is 0.582 bits per heavy atom. The minimum atomic E-state index is -2.43. The summed E-state index contributed by atoms with van der Waals surface area (Å²) in [5, 5.41) is 8.38. The van der Waals surface area contributed by atoms with Crippen molar-refractivity contribution in [3.05, 3.63) is 236 Å². The van der Waals surface area contributed by atoms with Crippen LogP contribution in [0.5, 0.6) is 0 Å². The molecule has 12 nitrogen and oxygen atoms in total. The fraction of sp³-hybridized carbons (Fsp3) is 0.347. The summed E-state index contributed by atoms with van der Waals surface area (Å²) >= 11 is 0. The highest BCUT2D eigenvalue weighted by Crippen LogP contribution is 2.43. The first-order valence-corrected chi connectivity index (χ1v) is 38.8. The summed E-state index contributed by atoms with van der Waals surface area (Å²) in [6.45, 7) is 36.2. The molecule has 2 unspecified atom stereocenters. The van der Waals surface area contributed by atoms with Gasteiger partial charge >= 0.3 is 0 Å². The number of nitrogens with zero attached hydrogens (tertiary/aromatic N) is 8. The van der Waals surface area contributed by atoms with Crippen LogP contribution in [0.15, 0.2) is 164 Å². The number of pyridine rings is 8. The van der Waals surface area contributed by atoms with E-state index in [1.54, 1.807) is 12.4 Å². The molecule has 0 N–H and O–H groups in total. The first-order chi connectivity index (χ1) is 55.5. The van der Waals surface area contributed by atoms with Crippen LogP contribution in [0, 0.1) is 55.4 Å². The molecule has 16 aromatic rings. The molecular formula is C98H112N8O4+4. The summed E-state index contributed by atoms with van der Waals surface area (Å²) in [6, 6.07) is 42.2. The molecule has 12 heteroatoms. The van der Waals surface area contributed by atoms with Gasteiger partial charge < -0.3 is 17.7 Å². The molecule has 0 aliphatic rings. The van der Waals surface area contributed by atoms with E-state index in [-0.39, 0.29) is 0 Å². The van der Waals surface area contributed by atoms with Crippen LogP contribution in [-0.4, -0.2) is 19.9 Å². The number of hydrogen-bond acceptors (Lipinski definition) is 8.